The highest BCUT2D eigenvalue weighted by Gasteiger charge is 2.16. The van der Waals surface area contributed by atoms with Crippen LogP contribution < -0.4 is 10.5 Å². The molecule has 1 aromatic rings. The maximum Gasteiger partial charge on any atom is 0.251 e. The molecule has 0 spiro atoms. The van der Waals surface area contributed by atoms with Gasteiger partial charge >= 0.3 is 0 Å². The summed E-state index contributed by atoms with van der Waals surface area (Å²) in [6.45, 7) is 3.82. The Morgan fingerprint density at radius 2 is 2.11 bits per heavy atom. The van der Waals surface area contributed by atoms with E-state index in [9.17, 15) is 13.2 Å². The number of amides is 1. The number of sulfonamides is 1. The second-order valence-electron chi connectivity index (χ2n) is 3.97. The van der Waals surface area contributed by atoms with Crippen LogP contribution in [-0.4, -0.2) is 20.4 Å². The highest BCUT2D eigenvalue weighted by Crippen LogP contribution is 2.22. The zero-order valence-electron chi connectivity index (χ0n) is 10.1. The second kappa shape index (κ2) is 5.81. The molecule has 0 bridgehead atoms. The van der Waals surface area contributed by atoms with Crippen molar-refractivity contribution in [2.24, 2.45) is 5.14 Å². The third-order valence-corrected chi connectivity index (χ3v) is 4.39. The molecule has 0 saturated heterocycles. The van der Waals surface area contributed by atoms with Crippen molar-refractivity contribution in [3.05, 3.63) is 28.2 Å². The first-order chi connectivity index (χ1) is 8.25. The monoisotopic (exact) mass is 334 g/mol. The number of carbonyl (C=O) groups is 1. The largest absolute Gasteiger partial charge is 0.350 e. The first-order valence-corrected chi connectivity index (χ1v) is 7.72. The van der Waals surface area contributed by atoms with E-state index in [1.54, 1.807) is 0 Å². The van der Waals surface area contributed by atoms with E-state index in [1.165, 1.54) is 18.2 Å². The molecule has 1 rings (SSSR count). The normalized spacial score (nSPS) is 13.1. The van der Waals surface area contributed by atoms with E-state index >= 15 is 0 Å². The van der Waals surface area contributed by atoms with Crippen LogP contribution in [0.5, 0.6) is 0 Å². The van der Waals surface area contributed by atoms with Crippen LogP contribution in [0.3, 0.4) is 0 Å². The molecule has 7 heteroatoms. The van der Waals surface area contributed by atoms with Gasteiger partial charge in [-0.25, -0.2) is 13.6 Å². The number of halogens is 1. The van der Waals surface area contributed by atoms with Crippen molar-refractivity contribution in [3.63, 3.8) is 0 Å². The number of rotatable bonds is 4. The molecule has 0 heterocycles. The van der Waals surface area contributed by atoms with Crippen molar-refractivity contribution in [2.45, 2.75) is 31.2 Å². The van der Waals surface area contributed by atoms with E-state index in [2.05, 4.69) is 21.2 Å². The lowest BCUT2D eigenvalue weighted by Gasteiger charge is -2.12. The van der Waals surface area contributed by atoms with Crippen LogP contribution in [0.15, 0.2) is 27.6 Å². The quantitative estimate of drug-likeness (QED) is 0.876. The molecule has 0 aromatic heterocycles. The fourth-order valence-electron chi connectivity index (χ4n) is 1.27. The molecule has 18 heavy (non-hydrogen) atoms. The van der Waals surface area contributed by atoms with Gasteiger partial charge in [0.15, 0.2) is 0 Å². The van der Waals surface area contributed by atoms with Gasteiger partial charge in [-0.15, -0.1) is 0 Å². The van der Waals surface area contributed by atoms with Crippen LogP contribution in [0, 0.1) is 0 Å². The van der Waals surface area contributed by atoms with Gasteiger partial charge in [0.1, 0.15) is 0 Å². The molecule has 100 valence electrons. The van der Waals surface area contributed by atoms with E-state index in [0.29, 0.717) is 4.47 Å². The van der Waals surface area contributed by atoms with Crippen molar-refractivity contribution in [1.29, 1.82) is 0 Å². The van der Waals surface area contributed by atoms with Crippen LogP contribution in [0.4, 0.5) is 0 Å². The van der Waals surface area contributed by atoms with E-state index in [1.807, 2.05) is 13.8 Å². The molecule has 0 aliphatic rings. The summed E-state index contributed by atoms with van der Waals surface area (Å²) in [5.74, 6) is -0.318. The molecule has 0 aliphatic carbocycles. The van der Waals surface area contributed by atoms with E-state index < -0.39 is 10.0 Å². The van der Waals surface area contributed by atoms with Gasteiger partial charge in [0.05, 0.1) is 4.90 Å². The average Bonchev–Trinajstić information content (AvgIpc) is 2.27. The number of carbonyl (C=O) groups excluding carboxylic acids is 1. The second-order valence-corrected chi connectivity index (χ2v) is 6.36. The fraction of sp³-hybridized carbons (Fsp3) is 0.364. The number of benzene rings is 1. The first kappa shape index (κ1) is 15.1. The first-order valence-electron chi connectivity index (χ1n) is 5.39. The van der Waals surface area contributed by atoms with Crippen molar-refractivity contribution in [2.75, 3.05) is 0 Å². The van der Waals surface area contributed by atoms with Crippen LogP contribution in [0.25, 0.3) is 0 Å². The number of hydrogen-bond donors (Lipinski definition) is 2. The standard InChI is InChI=1S/C11H15BrN2O3S/c1-3-7(2)14-11(15)8-4-5-9(12)10(6-8)18(13,16)17/h4-7H,3H2,1-2H3,(H,14,15)(H2,13,16,17). The molecule has 1 aromatic carbocycles. The molecule has 0 fully saturated rings. The maximum atomic E-state index is 11.8. The van der Waals surface area contributed by atoms with Crippen molar-refractivity contribution >= 4 is 31.9 Å². The summed E-state index contributed by atoms with van der Waals surface area (Å²) in [6, 6.07) is 4.32. The van der Waals surface area contributed by atoms with Gasteiger partial charge in [-0.3, -0.25) is 4.79 Å². The summed E-state index contributed by atoms with van der Waals surface area (Å²) in [7, 11) is -3.85. The predicted molar refractivity (Wildman–Crippen MR) is 72.7 cm³/mol. The highest BCUT2D eigenvalue weighted by molar-refractivity contribution is 9.10. The van der Waals surface area contributed by atoms with Crippen LogP contribution in [-0.2, 0) is 10.0 Å². The van der Waals surface area contributed by atoms with Gasteiger partial charge in [0.2, 0.25) is 10.0 Å². The molecule has 1 atom stereocenters. The van der Waals surface area contributed by atoms with Gasteiger partial charge in [0.25, 0.3) is 5.91 Å². The Balaban J connectivity index is 3.10. The predicted octanol–water partition coefficient (Wildman–Crippen LogP) is 1.62. The summed E-state index contributed by atoms with van der Waals surface area (Å²) in [5.41, 5.74) is 0.266. The van der Waals surface area contributed by atoms with Crippen LogP contribution in [0.2, 0.25) is 0 Å². The Labute approximate surface area is 115 Å². The van der Waals surface area contributed by atoms with Crippen LogP contribution in [0.1, 0.15) is 30.6 Å². The lowest BCUT2D eigenvalue weighted by molar-refractivity contribution is 0.0939. The molecule has 1 unspecified atom stereocenters. The third kappa shape index (κ3) is 3.79. The number of hydrogen-bond acceptors (Lipinski definition) is 3. The summed E-state index contributed by atoms with van der Waals surface area (Å²) >= 11 is 3.09. The SMILES string of the molecule is CCC(C)NC(=O)c1ccc(Br)c(S(N)(=O)=O)c1. The van der Waals surface area contributed by atoms with E-state index in [4.69, 9.17) is 5.14 Å². The van der Waals surface area contributed by atoms with Crippen molar-refractivity contribution in [1.82, 2.24) is 5.32 Å². The maximum absolute atomic E-state index is 11.8. The molecule has 0 saturated carbocycles. The van der Waals surface area contributed by atoms with Gasteiger partial charge in [-0.2, -0.15) is 0 Å². The average molecular weight is 335 g/mol. The van der Waals surface area contributed by atoms with E-state index in [-0.39, 0.29) is 22.4 Å². The summed E-state index contributed by atoms with van der Waals surface area (Å²) in [4.78, 5) is 11.7. The smallest absolute Gasteiger partial charge is 0.251 e. The molecule has 0 aliphatic heterocycles. The molecular formula is C11H15BrN2O3S. The number of primary sulfonamides is 1. The zero-order chi connectivity index (χ0) is 13.9. The molecule has 0 radical (unpaired) electrons. The summed E-state index contributed by atoms with van der Waals surface area (Å²) < 4.78 is 23.0. The Morgan fingerprint density at radius 3 is 2.61 bits per heavy atom. The minimum Gasteiger partial charge on any atom is -0.350 e. The molecular weight excluding hydrogens is 320 g/mol. The minimum absolute atomic E-state index is 0.0269. The molecule has 1 amide bonds. The fourth-order valence-corrected chi connectivity index (χ4v) is 2.83. The summed E-state index contributed by atoms with van der Waals surface area (Å²) in [5, 5.41) is 7.82. The van der Waals surface area contributed by atoms with Gasteiger partial charge in [-0.1, -0.05) is 6.92 Å². The lowest BCUT2D eigenvalue weighted by Crippen LogP contribution is -2.32. The highest BCUT2D eigenvalue weighted by atomic mass is 79.9. The van der Waals surface area contributed by atoms with E-state index in [0.717, 1.165) is 6.42 Å². The number of nitrogens with one attached hydrogen (secondary N) is 1. The van der Waals surface area contributed by atoms with Gasteiger partial charge < -0.3 is 5.32 Å². The Hall–Kier alpha value is -0.920. The van der Waals surface area contributed by atoms with Crippen LogP contribution >= 0.6 is 15.9 Å². The van der Waals surface area contributed by atoms with Gasteiger partial charge in [-0.05, 0) is 47.5 Å². The lowest BCUT2D eigenvalue weighted by atomic mass is 10.2. The van der Waals surface area contributed by atoms with Crippen molar-refractivity contribution < 1.29 is 13.2 Å². The third-order valence-electron chi connectivity index (χ3n) is 2.49. The zero-order valence-corrected chi connectivity index (χ0v) is 12.5. The molecule has 3 N–H and O–H groups in total. The number of nitrogens with two attached hydrogens (primary N) is 1. The van der Waals surface area contributed by atoms with Gasteiger partial charge in [0, 0.05) is 16.1 Å². The topological polar surface area (TPSA) is 89.3 Å². The molecule has 5 nitrogen and oxygen atoms in total. The van der Waals surface area contributed by atoms with Crippen molar-refractivity contribution in [3.8, 4) is 0 Å². The Kier molecular flexibility index (Phi) is 4.89. The Morgan fingerprint density at radius 1 is 1.50 bits per heavy atom. The summed E-state index contributed by atoms with van der Waals surface area (Å²) in [6.07, 6.45) is 0.796. The Bertz CT molecular complexity index is 557. The minimum atomic E-state index is -3.85.